The Morgan fingerprint density at radius 2 is 1.89 bits per heavy atom. The molecule has 2 aliphatic rings. The topological polar surface area (TPSA) is 69.8 Å². The van der Waals surface area contributed by atoms with Crippen LogP contribution in [-0.4, -0.2) is 66.7 Å². The lowest BCUT2D eigenvalue weighted by Gasteiger charge is -2.36. The smallest absolute Gasteiger partial charge is 0.226 e. The van der Waals surface area contributed by atoms with E-state index in [2.05, 4.69) is 4.90 Å². The molecule has 1 heterocycles. The summed E-state index contributed by atoms with van der Waals surface area (Å²) in [6, 6.07) is 0. The minimum Gasteiger partial charge on any atom is -0.395 e. The standard InChI is InChI=1S/C13H25N3O2.ClH/c14-10-11-2-1-3-12(11)13(18)16-6-4-15(5-7-16)8-9-17;/h11-12,17H,1-10,14H2;1H/t11-,12-;/m1./s1. The van der Waals surface area contributed by atoms with Crippen LogP contribution in [0.1, 0.15) is 19.3 Å². The lowest BCUT2D eigenvalue weighted by Crippen LogP contribution is -2.51. The van der Waals surface area contributed by atoms with Crippen molar-refractivity contribution in [2.75, 3.05) is 45.9 Å². The molecule has 0 aromatic carbocycles. The van der Waals surface area contributed by atoms with Gasteiger partial charge in [-0.25, -0.2) is 0 Å². The van der Waals surface area contributed by atoms with Gasteiger partial charge in [0.05, 0.1) is 6.61 Å². The van der Waals surface area contributed by atoms with E-state index < -0.39 is 0 Å². The first-order valence-corrected chi connectivity index (χ1v) is 7.08. The minimum atomic E-state index is 0. The maximum absolute atomic E-state index is 12.4. The highest BCUT2D eigenvalue weighted by Crippen LogP contribution is 2.32. The number of nitrogens with zero attached hydrogens (tertiary/aromatic N) is 2. The summed E-state index contributed by atoms with van der Waals surface area (Å²) in [5.74, 6) is 0.874. The van der Waals surface area contributed by atoms with E-state index in [1.54, 1.807) is 0 Å². The van der Waals surface area contributed by atoms with Crippen LogP contribution in [0.5, 0.6) is 0 Å². The third kappa shape index (κ3) is 4.05. The Hall–Kier alpha value is -0.360. The van der Waals surface area contributed by atoms with Crippen molar-refractivity contribution < 1.29 is 9.90 Å². The number of halogens is 1. The number of amides is 1. The van der Waals surface area contributed by atoms with Gasteiger partial charge in [0.15, 0.2) is 0 Å². The van der Waals surface area contributed by atoms with Crippen molar-refractivity contribution in [3.8, 4) is 0 Å². The van der Waals surface area contributed by atoms with Crippen LogP contribution in [0.3, 0.4) is 0 Å². The zero-order chi connectivity index (χ0) is 13.0. The molecule has 2 atom stereocenters. The van der Waals surface area contributed by atoms with Crippen LogP contribution >= 0.6 is 12.4 Å². The van der Waals surface area contributed by atoms with E-state index in [1.807, 2.05) is 4.90 Å². The maximum atomic E-state index is 12.4. The number of carbonyl (C=O) groups is 1. The van der Waals surface area contributed by atoms with Crippen LogP contribution in [0.25, 0.3) is 0 Å². The fourth-order valence-corrected chi connectivity index (χ4v) is 3.21. The molecule has 1 saturated carbocycles. The number of carbonyl (C=O) groups excluding carboxylic acids is 1. The van der Waals surface area contributed by atoms with Crippen LogP contribution < -0.4 is 5.73 Å². The molecule has 0 bridgehead atoms. The molecule has 3 N–H and O–H groups in total. The molecular formula is C13H26ClN3O2. The molecule has 1 saturated heterocycles. The number of rotatable bonds is 4. The second-order valence-corrected chi connectivity index (χ2v) is 5.42. The first-order valence-electron chi connectivity index (χ1n) is 7.08. The lowest BCUT2D eigenvalue weighted by atomic mass is 9.94. The molecule has 19 heavy (non-hydrogen) atoms. The molecule has 0 unspecified atom stereocenters. The van der Waals surface area contributed by atoms with Gasteiger partial charge in [-0.1, -0.05) is 6.42 Å². The number of aliphatic hydroxyl groups is 1. The molecule has 2 fully saturated rings. The highest BCUT2D eigenvalue weighted by Gasteiger charge is 2.35. The molecule has 112 valence electrons. The van der Waals surface area contributed by atoms with Crippen LogP contribution in [0.15, 0.2) is 0 Å². The van der Waals surface area contributed by atoms with E-state index in [0.717, 1.165) is 52.0 Å². The number of aliphatic hydroxyl groups excluding tert-OH is 1. The Balaban J connectivity index is 0.00000180. The van der Waals surface area contributed by atoms with E-state index in [1.165, 1.54) is 0 Å². The minimum absolute atomic E-state index is 0. The van der Waals surface area contributed by atoms with E-state index >= 15 is 0 Å². The molecule has 1 aliphatic heterocycles. The molecule has 5 nitrogen and oxygen atoms in total. The molecule has 0 aromatic rings. The molecule has 0 spiro atoms. The van der Waals surface area contributed by atoms with Crippen molar-refractivity contribution in [3.05, 3.63) is 0 Å². The Morgan fingerprint density at radius 1 is 1.21 bits per heavy atom. The van der Waals surface area contributed by atoms with Gasteiger partial charge in [-0.3, -0.25) is 9.69 Å². The van der Waals surface area contributed by atoms with E-state index in [9.17, 15) is 4.79 Å². The van der Waals surface area contributed by atoms with Crippen LogP contribution in [0, 0.1) is 11.8 Å². The van der Waals surface area contributed by atoms with Gasteiger partial charge >= 0.3 is 0 Å². The van der Waals surface area contributed by atoms with Crippen molar-refractivity contribution in [2.24, 2.45) is 17.6 Å². The molecule has 2 rings (SSSR count). The second kappa shape index (κ2) is 8.04. The van der Waals surface area contributed by atoms with Gasteiger partial charge in [-0.15, -0.1) is 12.4 Å². The van der Waals surface area contributed by atoms with Gasteiger partial charge in [0.1, 0.15) is 0 Å². The van der Waals surface area contributed by atoms with Crippen molar-refractivity contribution in [1.82, 2.24) is 9.80 Å². The van der Waals surface area contributed by atoms with E-state index in [0.29, 0.717) is 18.4 Å². The summed E-state index contributed by atoms with van der Waals surface area (Å²) in [7, 11) is 0. The summed E-state index contributed by atoms with van der Waals surface area (Å²) in [5, 5.41) is 8.90. The number of piperazine rings is 1. The average Bonchev–Trinajstić information content (AvgIpc) is 2.87. The van der Waals surface area contributed by atoms with Gasteiger partial charge in [-0.05, 0) is 25.3 Å². The van der Waals surface area contributed by atoms with Gasteiger partial charge in [0.25, 0.3) is 0 Å². The fourth-order valence-electron chi connectivity index (χ4n) is 3.21. The van der Waals surface area contributed by atoms with Crippen molar-refractivity contribution >= 4 is 18.3 Å². The zero-order valence-corrected chi connectivity index (χ0v) is 12.3. The number of β-amino-alcohol motifs (C(OH)–C–C–N with tert-alkyl or cyclic N) is 1. The summed E-state index contributed by atoms with van der Waals surface area (Å²) >= 11 is 0. The summed E-state index contributed by atoms with van der Waals surface area (Å²) < 4.78 is 0. The normalized spacial score (nSPS) is 28.2. The summed E-state index contributed by atoms with van der Waals surface area (Å²) in [4.78, 5) is 16.6. The lowest BCUT2D eigenvalue weighted by molar-refractivity contribution is -0.138. The Kier molecular flexibility index (Phi) is 7.07. The largest absolute Gasteiger partial charge is 0.395 e. The summed E-state index contributed by atoms with van der Waals surface area (Å²) in [6.07, 6.45) is 3.26. The third-order valence-corrected chi connectivity index (χ3v) is 4.38. The molecule has 6 heteroatoms. The van der Waals surface area contributed by atoms with Gasteiger partial charge in [0.2, 0.25) is 5.91 Å². The summed E-state index contributed by atoms with van der Waals surface area (Å²) in [5.41, 5.74) is 5.75. The average molecular weight is 292 g/mol. The number of hydrogen-bond acceptors (Lipinski definition) is 4. The third-order valence-electron chi connectivity index (χ3n) is 4.38. The Bertz CT molecular complexity index is 283. The predicted molar refractivity (Wildman–Crippen MR) is 77.2 cm³/mol. The quantitative estimate of drug-likeness (QED) is 0.760. The highest BCUT2D eigenvalue weighted by atomic mass is 35.5. The molecule has 0 radical (unpaired) electrons. The first-order chi connectivity index (χ1) is 8.76. The predicted octanol–water partition coefficient (Wildman–Crippen LogP) is -0.0803. The van der Waals surface area contributed by atoms with Gasteiger partial charge in [-0.2, -0.15) is 0 Å². The Morgan fingerprint density at radius 3 is 2.47 bits per heavy atom. The molecule has 0 aromatic heterocycles. The Labute approximate surface area is 121 Å². The highest BCUT2D eigenvalue weighted by molar-refractivity contribution is 5.85. The molecule has 1 amide bonds. The van der Waals surface area contributed by atoms with E-state index in [4.69, 9.17) is 10.8 Å². The number of hydrogen-bond donors (Lipinski definition) is 2. The second-order valence-electron chi connectivity index (χ2n) is 5.42. The first kappa shape index (κ1) is 16.7. The number of nitrogens with two attached hydrogens (primary N) is 1. The summed E-state index contributed by atoms with van der Waals surface area (Å²) in [6.45, 7) is 4.92. The zero-order valence-electron chi connectivity index (χ0n) is 11.5. The van der Waals surface area contributed by atoms with E-state index in [-0.39, 0.29) is 24.9 Å². The molecular weight excluding hydrogens is 266 g/mol. The SMILES string of the molecule is Cl.NC[C@H]1CCC[C@H]1C(=O)N1CCN(CCO)CC1. The maximum Gasteiger partial charge on any atom is 0.226 e. The van der Waals surface area contributed by atoms with Crippen LogP contribution in [0.2, 0.25) is 0 Å². The van der Waals surface area contributed by atoms with Crippen LogP contribution in [-0.2, 0) is 4.79 Å². The molecule has 1 aliphatic carbocycles. The van der Waals surface area contributed by atoms with Crippen molar-refractivity contribution in [1.29, 1.82) is 0 Å². The monoisotopic (exact) mass is 291 g/mol. The van der Waals surface area contributed by atoms with Gasteiger partial charge < -0.3 is 15.7 Å². The van der Waals surface area contributed by atoms with Crippen molar-refractivity contribution in [3.63, 3.8) is 0 Å². The van der Waals surface area contributed by atoms with Crippen LogP contribution in [0.4, 0.5) is 0 Å². The van der Waals surface area contributed by atoms with Gasteiger partial charge in [0, 0.05) is 38.6 Å². The van der Waals surface area contributed by atoms with Crippen molar-refractivity contribution in [2.45, 2.75) is 19.3 Å². The fraction of sp³-hybridized carbons (Fsp3) is 0.923.